The molecule has 2 rings (SSSR count). The van der Waals surface area contributed by atoms with Gasteiger partial charge in [0.1, 0.15) is 5.82 Å². The van der Waals surface area contributed by atoms with Gasteiger partial charge in [-0.05, 0) is 56.8 Å². The van der Waals surface area contributed by atoms with Crippen molar-refractivity contribution in [2.45, 2.75) is 39.5 Å². The van der Waals surface area contributed by atoms with Crippen molar-refractivity contribution in [1.29, 1.82) is 0 Å². The van der Waals surface area contributed by atoms with Crippen LogP contribution >= 0.6 is 0 Å². The van der Waals surface area contributed by atoms with E-state index in [2.05, 4.69) is 40.8 Å². The molecule has 0 atom stereocenters. The third kappa shape index (κ3) is 4.48. The Morgan fingerprint density at radius 2 is 1.85 bits per heavy atom. The first-order valence-electron chi connectivity index (χ1n) is 8.21. The molecule has 2 heterocycles. The number of hydrogen-bond donors (Lipinski definition) is 0. The molecule has 3 heteroatoms. The fourth-order valence-corrected chi connectivity index (χ4v) is 3.18. The first-order chi connectivity index (χ1) is 9.83. The molecule has 1 aromatic rings. The molecule has 20 heavy (non-hydrogen) atoms. The van der Waals surface area contributed by atoms with E-state index in [1.54, 1.807) is 0 Å². The fourth-order valence-electron chi connectivity index (χ4n) is 3.18. The second-order valence-electron chi connectivity index (χ2n) is 5.92. The molecule has 1 saturated heterocycles. The Balaban J connectivity index is 1.79. The largest absolute Gasteiger partial charge is 0.357 e. The smallest absolute Gasteiger partial charge is 0.128 e. The summed E-state index contributed by atoms with van der Waals surface area (Å²) in [6.45, 7) is 10.7. The van der Waals surface area contributed by atoms with Crippen LogP contribution in [0.15, 0.2) is 24.4 Å². The van der Waals surface area contributed by atoms with Crippen LogP contribution in [0, 0.1) is 5.92 Å². The fraction of sp³-hybridized carbons (Fsp3) is 0.706. The highest BCUT2D eigenvalue weighted by Crippen LogP contribution is 2.22. The second kappa shape index (κ2) is 8.25. The summed E-state index contributed by atoms with van der Waals surface area (Å²) in [6, 6.07) is 6.20. The van der Waals surface area contributed by atoms with Crippen molar-refractivity contribution in [1.82, 2.24) is 9.88 Å². The van der Waals surface area contributed by atoms with Crippen molar-refractivity contribution in [2.75, 3.05) is 37.6 Å². The summed E-state index contributed by atoms with van der Waals surface area (Å²) in [5, 5.41) is 0. The summed E-state index contributed by atoms with van der Waals surface area (Å²) in [5.41, 5.74) is 0. The van der Waals surface area contributed by atoms with Crippen molar-refractivity contribution in [3.05, 3.63) is 24.4 Å². The summed E-state index contributed by atoms with van der Waals surface area (Å²) in [6.07, 6.45) is 7.05. The van der Waals surface area contributed by atoms with Gasteiger partial charge in [0.2, 0.25) is 0 Å². The number of hydrogen-bond acceptors (Lipinski definition) is 3. The predicted octanol–water partition coefficient (Wildman–Crippen LogP) is 3.42. The van der Waals surface area contributed by atoms with Crippen LogP contribution in [0.5, 0.6) is 0 Å². The average molecular weight is 275 g/mol. The van der Waals surface area contributed by atoms with Crippen molar-refractivity contribution < 1.29 is 0 Å². The minimum atomic E-state index is 0.869. The number of anilines is 1. The van der Waals surface area contributed by atoms with E-state index in [1.807, 2.05) is 12.3 Å². The zero-order chi connectivity index (χ0) is 14.2. The van der Waals surface area contributed by atoms with E-state index in [9.17, 15) is 0 Å². The molecule has 0 unspecified atom stereocenters. The summed E-state index contributed by atoms with van der Waals surface area (Å²) >= 11 is 0. The van der Waals surface area contributed by atoms with Crippen LogP contribution in [-0.4, -0.2) is 42.6 Å². The molecule has 0 radical (unpaired) electrons. The van der Waals surface area contributed by atoms with Gasteiger partial charge in [0.15, 0.2) is 0 Å². The Bertz CT molecular complexity index is 352. The van der Waals surface area contributed by atoms with E-state index in [4.69, 9.17) is 0 Å². The van der Waals surface area contributed by atoms with Crippen molar-refractivity contribution in [2.24, 2.45) is 5.92 Å². The zero-order valence-electron chi connectivity index (χ0n) is 13.1. The lowest BCUT2D eigenvalue weighted by Crippen LogP contribution is -2.39. The Labute approximate surface area is 124 Å². The molecule has 1 aliphatic rings. The van der Waals surface area contributed by atoms with Crippen LogP contribution < -0.4 is 4.90 Å². The first kappa shape index (κ1) is 15.3. The van der Waals surface area contributed by atoms with Gasteiger partial charge in [0.25, 0.3) is 0 Å². The van der Waals surface area contributed by atoms with Crippen LogP contribution in [-0.2, 0) is 0 Å². The zero-order valence-corrected chi connectivity index (χ0v) is 13.1. The minimum Gasteiger partial charge on any atom is -0.357 e. The Kier molecular flexibility index (Phi) is 6.31. The number of piperidine rings is 1. The quantitative estimate of drug-likeness (QED) is 0.760. The van der Waals surface area contributed by atoms with Gasteiger partial charge in [-0.1, -0.05) is 19.9 Å². The third-order valence-corrected chi connectivity index (χ3v) is 4.18. The summed E-state index contributed by atoms with van der Waals surface area (Å²) in [5.74, 6) is 2.01. The van der Waals surface area contributed by atoms with Gasteiger partial charge in [0, 0.05) is 25.8 Å². The maximum Gasteiger partial charge on any atom is 0.128 e. The molecule has 0 aromatic carbocycles. The molecule has 0 aliphatic carbocycles. The van der Waals surface area contributed by atoms with Crippen molar-refractivity contribution >= 4 is 5.82 Å². The highest BCUT2D eigenvalue weighted by atomic mass is 15.2. The number of rotatable bonds is 7. The summed E-state index contributed by atoms with van der Waals surface area (Å²) in [4.78, 5) is 9.55. The van der Waals surface area contributed by atoms with Gasteiger partial charge < -0.3 is 9.80 Å². The van der Waals surface area contributed by atoms with Gasteiger partial charge >= 0.3 is 0 Å². The lowest BCUT2D eigenvalue weighted by Gasteiger charge is -2.35. The van der Waals surface area contributed by atoms with Gasteiger partial charge in [0.05, 0.1) is 0 Å². The van der Waals surface area contributed by atoms with Crippen LogP contribution in [0.25, 0.3) is 0 Å². The lowest BCUT2D eigenvalue weighted by molar-refractivity contribution is 0.211. The number of nitrogens with zero attached hydrogens (tertiary/aromatic N) is 3. The summed E-state index contributed by atoms with van der Waals surface area (Å²) in [7, 11) is 0. The van der Waals surface area contributed by atoms with Crippen LogP contribution in [0.3, 0.4) is 0 Å². The highest BCUT2D eigenvalue weighted by Gasteiger charge is 2.21. The average Bonchev–Trinajstić information content (AvgIpc) is 2.49. The monoisotopic (exact) mass is 275 g/mol. The number of pyridine rings is 1. The van der Waals surface area contributed by atoms with Crippen LogP contribution in [0.1, 0.15) is 39.5 Å². The van der Waals surface area contributed by atoms with Crippen molar-refractivity contribution in [3.8, 4) is 0 Å². The molecule has 1 aromatic heterocycles. The van der Waals surface area contributed by atoms with E-state index in [-0.39, 0.29) is 0 Å². The van der Waals surface area contributed by atoms with E-state index < -0.39 is 0 Å². The maximum absolute atomic E-state index is 4.46. The standard InChI is InChI=1S/C17H29N3/c1-3-11-19(12-4-2)15-16-8-13-20(14-9-16)17-7-5-6-10-18-17/h5-7,10,16H,3-4,8-9,11-15H2,1-2H3. The van der Waals surface area contributed by atoms with Crippen LogP contribution in [0.2, 0.25) is 0 Å². The molecule has 112 valence electrons. The minimum absolute atomic E-state index is 0.869. The lowest BCUT2D eigenvalue weighted by atomic mass is 9.96. The predicted molar refractivity (Wildman–Crippen MR) is 86.2 cm³/mol. The molecule has 0 bridgehead atoms. The maximum atomic E-state index is 4.46. The van der Waals surface area contributed by atoms with Gasteiger partial charge in [-0.25, -0.2) is 4.98 Å². The molecule has 0 amide bonds. The SMILES string of the molecule is CCCN(CCC)CC1CCN(c2ccccn2)CC1. The highest BCUT2D eigenvalue weighted by molar-refractivity contribution is 5.37. The van der Waals surface area contributed by atoms with Crippen molar-refractivity contribution in [3.63, 3.8) is 0 Å². The molecule has 0 N–H and O–H groups in total. The third-order valence-electron chi connectivity index (χ3n) is 4.18. The topological polar surface area (TPSA) is 19.4 Å². The molecule has 3 nitrogen and oxygen atoms in total. The first-order valence-corrected chi connectivity index (χ1v) is 8.21. The van der Waals surface area contributed by atoms with E-state index in [1.165, 1.54) is 45.3 Å². The molecule has 0 spiro atoms. The van der Waals surface area contributed by atoms with Gasteiger partial charge in [-0.3, -0.25) is 0 Å². The van der Waals surface area contributed by atoms with E-state index >= 15 is 0 Å². The van der Waals surface area contributed by atoms with Gasteiger partial charge in [-0.2, -0.15) is 0 Å². The van der Waals surface area contributed by atoms with E-state index in [0.717, 1.165) is 24.8 Å². The molecule has 0 saturated carbocycles. The molecule has 1 fully saturated rings. The van der Waals surface area contributed by atoms with Gasteiger partial charge in [-0.15, -0.1) is 0 Å². The molecule has 1 aliphatic heterocycles. The van der Waals surface area contributed by atoms with Crippen LogP contribution in [0.4, 0.5) is 5.82 Å². The molecular formula is C17H29N3. The number of aromatic nitrogens is 1. The normalized spacial score (nSPS) is 16.9. The Hall–Kier alpha value is -1.09. The summed E-state index contributed by atoms with van der Waals surface area (Å²) < 4.78 is 0. The molecular weight excluding hydrogens is 246 g/mol. The second-order valence-corrected chi connectivity index (χ2v) is 5.92. The van der Waals surface area contributed by atoms with E-state index in [0.29, 0.717) is 0 Å². The Morgan fingerprint density at radius 1 is 1.15 bits per heavy atom. The Morgan fingerprint density at radius 3 is 2.40 bits per heavy atom.